The lowest BCUT2D eigenvalue weighted by Crippen LogP contribution is -2.32. The summed E-state index contributed by atoms with van der Waals surface area (Å²) in [7, 11) is -5.08. The molecular weight excluding hydrogens is 306 g/mol. The third-order valence-corrected chi connectivity index (χ3v) is 5.36. The van der Waals surface area contributed by atoms with Crippen molar-refractivity contribution in [2.24, 2.45) is 0 Å². The van der Waals surface area contributed by atoms with Crippen molar-refractivity contribution in [2.45, 2.75) is 17.1 Å². The minimum atomic E-state index is -3.91. The molecule has 112 valence electrons. The standard InChI is InChI=1S/C10H15N3O5S2/c1-7(19(2)16)6-12-20(17,18)8-3-4-9(11)10(5-8)13(14)15/h3-5,7,12H,6,11H2,1-2H3. The van der Waals surface area contributed by atoms with Crippen LogP contribution in [0.3, 0.4) is 0 Å². The zero-order valence-electron chi connectivity index (χ0n) is 10.9. The molecule has 20 heavy (non-hydrogen) atoms. The van der Waals surface area contributed by atoms with Crippen LogP contribution in [0.15, 0.2) is 23.1 Å². The average molecular weight is 321 g/mol. The van der Waals surface area contributed by atoms with Crippen molar-refractivity contribution in [3.05, 3.63) is 28.3 Å². The second kappa shape index (κ2) is 6.29. The highest BCUT2D eigenvalue weighted by Gasteiger charge is 2.21. The molecule has 1 aromatic rings. The SMILES string of the molecule is CC(CNS(=O)(=O)c1ccc(N)c([N+](=O)[O-])c1)S(C)=O. The third-order valence-electron chi connectivity index (χ3n) is 2.64. The Morgan fingerprint density at radius 3 is 2.60 bits per heavy atom. The summed E-state index contributed by atoms with van der Waals surface area (Å²) in [5, 5.41) is 10.4. The van der Waals surface area contributed by atoms with Crippen LogP contribution < -0.4 is 10.5 Å². The van der Waals surface area contributed by atoms with Gasteiger partial charge in [-0.25, -0.2) is 13.1 Å². The maximum Gasteiger partial charge on any atom is 0.293 e. The second-order valence-corrected chi connectivity index (χ2v) is 7.71. The van der Waals surface area contributed by atoms with Gasteiger partial charge in [0, 0.05) is 34.9 Å². The molecule has 0 aliphatic heterocycles. The summed E-state index contributed by atoms with van der Waals surface area (Å²) >= 11 is 0. The fraction of sp³-hybridized carbons (Fsp3) is 0.400. The molecule has 0 aromatic heterocycles. The first-order chi connectivity index (χ1) is 9.15. The van der Waals surface area contributed by atoms with E-state index in [-0.39, 0.29) is 22.4 Å². The molecule has 0 radical (unpaired) electrons. The van der Waals surface area contributed by atoms with Gasteiger partial charge in [0.1, 0.15) is 5.69 Å². The van der Waals surface area contributed by atoms with Gasteiger partial charge >= 0.3 is 0 Å². The van der Waals surface area contributed by atoms with Crippen molar-refractivity contribution in [2.75, 3.05) is 18.5 Å². The highest BCUT2D eigenvalue weighted by molar-refractivity contribution is 7.89. The van der Waals surface area contributed by atoms with Crippen molar-refractivity contribution in [3.8, 4) is 0 Å². The molecule has 1 rings (SSSR count). The first-order valence-electron chi connectivity index (χ1n) is 5.51. The van der Waals surface area contributed by atoms with Gasteiger partial charge in [-0.05, 0) is 19.1 Å². The van der Waals surface area contributed by atoms with Crippen molar-refractivity contribution >= 4 is 32.2 Å². The number of nitro groups is 1. The molecule has 3 N–H and O–H groups in total. The summed E-state index contributed by atoms with van der Waals surface area (Å²) in [5.74, 6) is 0. The number of nitrogens with two attached hydrogens (primary N) is 1. The summed E-state index contributed by atoms with van der Waals surface area (Å²) in [5.41, 5.74) is 4.81. The summed E-state index contributed by atoms with van der Waals surface area (Å²) in [4.78, 5) is 9.72. The Labute approximate surface area is 119 Å². The van der Waals surface area contributed by atoms with Crippen molar-refractivity contribution in [3.63, 3.8) is 0 Å². The average Bonchev–Trinajstić information content (AvgIpc) is 2.35. The molecule has 0 saturated heterocycles. The smallest absolute Gasteiger partial charge is 0.293 e. The van der Waals surface area contributed by atoms with Crippen LogP contribution in [0.4, 0.5) is 11.4 Å². The van der Waals surface area contributed by atoms with Crippen LogP contribution in [-0.4, -0.2) is 35.6 Å². The van der Waals surface area contributed by atoms with Crippen LogP contribution >= 0.6 is 0 Å². The van der Waals surface area contributed by atoms with E-state index in [0.29, 0.717) is 0 Å². The van der Waals surface area contributed by atoms with E-state index < -0.39 is 31.4 Å². The summed E-state index contributed by atoms with van der Waals surface area (Å²) in [6.07, 6.45) is 1.47. The number of rotatable bonds is 6. The number of nitrogens with zero attached hydrogens (tertiary/aromatic N) is 1. The van der Waals surface area contributed by atoms with Crippen LogP contribution in [0.5, 0.6) is 0 Å². The largest absolute Gasteiger partial charge is 0.393 e. The molecule has 0 aliphatic carbocycles. The van der Waals surface area contributed by atoms with E-state index in [2.05, 4.69) is 4.72 Å². The van der Waals surface area contributed by atoms with E-state index in [9.17, 15) is 22.7 Å². The van der Waals surface area contributed by atoms with Gasteiger partial charge in [-0.3, -0.25) is 14.3 Å². The van der Waals surface area contributed by atoms with Gasteiger partial charge in [-0.2, -0.15) is 0 Å². The number of hydrogen-bond acceptors (Lipinski definition) is 6. The highest BCUT2D eigenvalue weighted by Crippen LogP contribution is 2.24. The highest BCUT2D eigenvalue weighted by atomic mass is 32.2. The Morgan fingerprint density at radius 2 is 2.10 bits per heavy atom. The topological polar surface area (TPSA) is 132 Å². The second-order valence-electron chi connectivity index (χ2n) is 4.14. The van der Waals surface area contributed by atoms with Gasteiger partial charge in [0.05, 0.1) is 9.82 Å². The zero-order chi connectivity index (χ0) is 15.5. The molecule has 0 heterocycles. The van der Waals surface area contributed by atoms with E-state index in [0.717, 1.165) is 12.1 Å². The molecule has 0 amide bonds. The maximum atomic E-state index is 12.0. The number of nitrogens with one attached hydrogen (secondary N) is 1. The molecular formula is C10H15N3O5S2. The summed E-state index contributed by atoms with van der Waals surface area (Å²) in [6.45, 7) is 1.60. The van der Waals surface area contributed by atoms with Gasteiger partial charge in [0.25, 0.3) is 5.69 Å². The maximum absolute atomic E-state index is 12.0. The Kier molecular flexibility index (Phi) is 5.20. The number of benzene rings is 1. The van der Waals surface area contributed by atoms with Crippen LogP contribution in [-0.2, 0) is 20.8 Å². The molecule has 2 atom stereocenters. The number of anilines is 1. The minimum Gasteiger partial charge on any atom is -0.393 e. The van der Waals surface area contributed by atoms with Gasteiger partial charge in [0.2, 0.25) is 10.0 Å². The van der Waals surface area contributed by atoms with E-state index in [4.69, 9.17) is 5.73 Å². The fourth-order valence-electron chi connectivity index (χ4n) is 1.28. The predicted molar refractivity (Wildman–Crippen MR) is 76.2 cm³/mol. The fourth-order valence-corrected chi connectivity index (χ4v) is 2.85. The zero-order valence-corrected chi connectivity index (χ0v) is 12.5. The molecule has 0 aliphatic rings. The Morgan fingerprint density at radius 1 is 1.50 bits per heavy atom. The summed E-state index contributed by atoms with van der Waals surface area (Å²) in [6, 6.07) is 3.23. The van der Waals surface area contributed by atoms with Crippen LogP contribution in [0, 0.1) is 10.1 Å². The Balaban J connectivity index is 3.01. The lowest BCUT2D eigenvalue weighted by atomic mass is 10.3. The van der Waals surface area contributed by atoms with E-state index >= 15 is 0 Å². The number of nitrogen functional groups attached to an aromatic ring is 1. The van der Waals surface area contributed by atoms with E-state index in [1.807, 2.05) is 0 Å². The van der Waals surface area contributed by atoms with Crippen LogP contribution in [0.2, 0.25) is 0 Å². The number of nitro benzene ring substituents is 1. The van der Waals surface area contributed by atoms with Gasteiger partial charge in [0.15, 0.2) is 0 Å². The first kappa shape index (κ1) is 16.5. The molecule has 10 heteroatoms. The van der Waals surface area contributed by atoms with E-state index in [1.165, 1.54) is 12.3 Å². The molecule has 0 spiro atoms. The van der Waals surface area contributed by atoms with Gasteiger partial charge < -0.3 is 5.73 Å². The quantitative estimate of drug-likeness (QED) is 0.437. The predicted octanol–water partition coefficient (Wildman–Crippen LogP) is 0.222. The van der Waals surface area contributed by atoms with Gasteiger partial charge in [-0.15, -0.1) is 0 Å². The number of hydrogen-bond donors (Lipinski definition) is 2. The molecule has 1 aromatic carbocycles. The van der Waals surface area contributed by atoms with Crippen LogP contribution in [0.1, 0.15) is 6.92 Å². The first-order valence-corrected chi connectivity index (χ1v) is 8.61. The van der Waals surface area contributed by atoms with Crippen LogP contribution in [0.25, 0.3) is 0 Å². The van der Waals surface area contributed by atoms with Crippen molar-refractivity contribution in [1.82, 2.24) is 4.72 Å². The molecule has 0 saturated carbocycles. The lowest BCUT2D eigenvalue weighted by molar-refractivity contribution is -0.384. The summed E-state index contributed by atoms with van der Waals surface area (Å²) < 4.78 is 37.4. The lowest BCUT2D eigenvalue weighted by Gasteiger charge is -2.10. The molecule has 2 unspecified atom stereocenters. The molecule has 0 fully saturated rings. The monoisotopic (exact) mass is 321 g/mol. The molecule has 8 nitrogen and oxygen atoms in total. The Bertz CT molecular complexity index is 644. The third kappa shape index (κ3) is 3.99. The normalized spacial score (nSPS) is 14.7. The Hall–Kier alpha value is -1.52. The van der Waals surface area contributed by atoms with Crippen molar-refractivity contribution < 1.29 is 17.6 Å². The minimum absolute atomic E-state index is 0.0242. The van der Waals surface area contributed by atoms with Gasteiger partial charge in [-0.1, -0.05) is 0 Å². The van der Waals surface area contributed by atoms with E-state index in [1.54, 1.807) is 6.92 Å². The number of sulfonamides is 1. The van der Waals surface area contributed by atoms with Crippen molar-refractivity contribution in [1.29, 1.82) is 0 Å². The molecule has 0 bridgehead atoms.